The number of aromatic hydroxyl groups is 3. The smallest absolute Gasteiger partial charge is 0.166 e. The molecule has 0 atom stereocenters. The van der Waals surface area contributed by atoms with E-state index in [1.807, 2.05) is 36.4 Å². The van der Waals surface area contributed by atoms with Gasteiger partial charge in [0.05, 0.1) is 10.9 Å². The third-order valence-corrected chi connectivity index (χ3v) is 5.45. The van der Waals surface area contributed by atoms with E-state index in [0.29, 0.717) is 0 Å². The summed E-state index contributed by atoms with van der Waals surface area (Å²) in [6.45, 7) is 0. The maximum absolute atomic E-state index is 9.49. The van der Waals surface area contributed by atoms with E-state index in [9.17, 15) is 15.3 Å². The molecule has 9 heteroatoms. The highest BCUT2D eigenvalue weighted by Gasteiger charge is 2.28. The van der Waals surface area contributed by atoms with Crippen LogP contribution in [0.5, 0.6) is 17.2 Å². The summed E-state index contributed by atoms with van der Waals surface area (Å²) in [5, 5.41) is 28.5. The normalized spacial score (nSPS) is 10.9. The summed E-state index contributed by atoms with van der Waals surface area (Å²) >= 11 is 0. The van der Waals surface area contributed by atoms with E-state index in [1.54, 1.807) is 36.4 Å². The summed E-state index contributed by atoms with van der Waals surface area (Å²) in [6, 6.07) is 21.3. The molecule has 3 rings (SSSR count). The summed E-state index contributed by atoms with van der Waals surface area (Å²) in [4.78, 5) is 3.15. The van der Waals surface area contributed by atoms with E-state index < -0.39 is 10.4 Å². The Morgan fingerprint density at radius 3 is 0.926 bits per heavy atom. The molecule has 0 heterocycles. The van der Waals surface area contributed by atoms with E-state index in [-0.39, 0.29) is 28.1 Å². The fourth-order valence-electron chi connectivity index (χ4n) is 2.15. The Hall–Kier alpha value is -2.72. The summed E-state index contributed by atoms with van der Waals surface area (Å²) in [7, 11) is -5.54. The molecule has 0 bridgehead atoms. The zero-order valence-electron chi connectivity index (χ0n) is 13.7. The first-order valence-corrected chi connectivity index (χ1v) is 9.97. The molecule has 3 aromatic rings. The molecule has 0 radical (unpaired) electrons. The van der Waals surface area contributed by atoms with Crippen LogP contribution in [0.25, 0.3) is 0 Å². The first-order chi connectivity index (χ1) is 12.6. The minimum absolute atomic E-state index is 0.226. The van der Waals surface area contributed by atoms with Crippen LogP contribution in [0.2, 0.25) is 0 Å². The van der Waals surface area contributed by atoms with Crippen molar-refractivity contribution in [2.45, 2.75) is 14.7 Å². The minimum atomic E-state index is -5.17. The van der Waals surface area contributed by atoms with E-state index in [4.69, 9.17) is 17.5 Å². The number of benzene rings is 3. The van der Waals surface area contributed by atoms with Gasteiger partial charge >= 0.3 is 0 Å². The van der Waals surface area contributed by atoms with Crippen molar-refractivity contribution >= 4 is 21.3 Å². The standard InChI is InChI=1S/C18H14O3S.H2O4S/c19-13-1-7-16(8-2-13)22(17-9-3-14(20)4-10-17)18-11-5-15(21)6-12-18;1-5(2,3)4/h1-12H,(H2-,19,20,21);(H2,1,2,3,4)/p-1. The fraction of sp³-hybridized carbons (Fsp3) is 0. The molecule has 0 aliphatic carbocycles. The molecule has 0 saturated carbocycles. The third kappa shape index (κ3) is 6.83. The number of phenolic OH excluding ortho intramolecular Hbond substituents is 3. The van der Waals surface area contributed by atoms with Crippen molar-refractivity contribution in [3.63, 3.8) is 0 Å². The zero-order valence-corrected chi connectivity index (χ0v) is 15.4. The second-order valence-corrected chi connectivity index (χ2v) is 8.04. The van der Waals surface area contributed by atoms with Crippen LogP contribution in [0.4, 0.5) is 0 Å². The maximum atomic E-state index is 9.49. The average Bonchev–Trinajstić information content (AvgIpc) is 2.59. The van der Waals surface area contributed by atoms with Crippen LogP contribution in [0.15, 0.2) is 87.5 Å². The summed E-state index contributed by atoms with van der Waals surface area (Å²) in [6.07, 6.45) is 0. The summed E-state index contributed by atoms with van der Waals surface area (Å²) < 4.78 is 34.1. The second-order valence-electron chi connectivity index (χ2n) is 5.20. The summed E-state index contributed by atoms with van der Waals surface area (Å²) in [5.41, 5.74) is 0. The molecule has 0 fully saturated rings. The molecule has 3 N–H and O–H groups in total. The van der Waals surface area contributed by atoms with Gasteiger partial charge in [0.25, 0.3) is 0 Å². The van der Waals surface area contributed by atoms with Crippen molar-refractivity contribution in [2.24, 2.45) is 0 Å². The van der Waals surface area contributed by atoms with Gasteiger partial charge in [-0.2, -0.15) is 0 Å². The lowest BCUT2D eigenvalue weighted by Gasteiger charge is -2.08. The van der Waals surface area contributed by atoms with Gasteiger partial charge in [0.15, 0.2) is 14.7 Å². The molecule has 0 unspecified atom stereocenters. The lowest BCUT2D eigenvalue weighted by atomic mass is 10.3. The fourth-order valence-corrected chi connectivity index (χ4v) is 4.20. The van der Waals surface area contributed by atoms with Crippen molar-refractivity contribution in [3.8, 4) is 17.2 Å². The Labute approximate surface area is 159 Å². The first-order valence-electron chi connectivity index (χ1n) is 7.41. The van der Waals surface area contributed by atoms with Gasteiger partial charge in [-0.05, 0) is 72.8 Å². The minimum Gasteiger partial charge on any atom is -0.759 e. The molecular formula is C18H15O7S2-. The van der Waals surface area contributed by atoms with E-state index in [1.165, 1.54) is 0 Å². The van der Waals surface area contributed by atoms with E-state index in [0.717, 1.165) is 14.7 Å². The first kappa shape index (κ1) is 20.6. The van der Waals surface area contributed by atoms with Crippen molar-refractivity contribution in [1.82, 2.24) is 0 Å². The molecule has 142 valence electrons. The quantitative estimate of drug-likeness (QED) is 0.344. The van der Waals surface area contributed by atoms with Crippen LogP contribution < -0.4 is 0 Å². The average molecular weight is 407 g/mol. The van der Waals surface area contributed by atoms with Gasteiger partial charge in [0.2, 0.25) is 0 Å². The van der Waals surface area contributed by atoms with E-state index >= 15 is 0 Å². The molecule has 0 aliphatic heterocycles. The highest BCUT2D eigenvalue weighted by Crippen LogP contribution is 2.33. The molecule has 0 saturated heterocycles. The van der Waals surface area contributed by atoms with Gasteiger partial charge in [-0.3, -0.25) is 8.42 Å². The van der Waals surface area contributed by atoms with Crippen molar-refractivity contribution < 1.29 is 32.8 Å². The number of phenols is 3. The van der Waals surface area contributed by atoms with Gasteiger partial charge in [0.1, 0.15) is 17.2 Å². The number of hydrogen-bond acceptors (Lipinski definition) is 7. The Morgan fingerprint density at radius 2 is 0.741 bits per heavy atom. The van der Waals surface area contributed by atoms with Crippen LogP contribution in [-0.2, 0) is 21.3 Å². The topological polar surface area (TPSA) is 141 Å². The van der Waals surface area contributed by atoms with Crippen LogP contribution in [0, 0.1) is 0 Å². The van der Waals surface area contributed by atoms with Gasteiger partial charge in [-0.1, -0.05) is 0 Å². The SMILES string of the molecule is O=S(=O)([O-])[O-].Oc1ccc([S+](c2ccc(O)cc2)c2ccc(O)cc2)cc1. The van der Waals surface area contributed by atoms with Gasteiger partial charge in [0, 0.05) is 10.4 Å². The highest BCUT2D eigenvalue weighted by molar-refractivity contribution is 7.97. The van der Waals surface area contributed by atoms with Crippen LogP contribution in [0.1, 0.15) is 0 Å². The van der Waals surface area contributed by atoms with Crippen molar-refractivity contribution in [1.29, 1.82) is 0 Å². The molecule has 7 nitrogen and oxygen atoms in total. The lowest BCUT2D eigenvalue weighted by Crippen LogP contribution is -2.04. The van der Waals surface area contributed by atoms with Gasteiger partial charge < -0.3 is 24.4 Å². The van der Waals surface area contributed by atoms with Crippen molar-refractivity contribution in [3.05, 3.63) is 72.8 Å². The largest absolute Gasteiger partial charge is 0.759 e. The van der Waals surface area contributed by atoms with Crippen molar-refractivity contribution in [2.75, 3.05) is 0 Å². The second kappa shape index (κ2) is 8.78. The van der Waals surface area contributed by atoms with Gasteiger partial charge in [-0.25, -0.2) is 0 Å². The molecular weight excluding hydrogens is 392 g/mol. The van der Waals surface area contributed by atoms with Crippen LogP contribution >= 0.6 is 0 Å². The Morgan fingerprint density at radius 1 is 0.556 bits per heavy atom. The van der Waals surface area contributed by atoms with E-state index in [2.05, 4.69) is 0 Å². The van der Waals surface area contributed by atoms with Gasteiger partial charge in [-0.15, -0.1) is 0 Å². The lowest BCUT2D eigenvalue weighted by molar-refractivity contribution is 0.352. The Balaban J connectivity index is 0.000000465. The predicted octanol–water partition coefficient (Wildman–Crippen LogP) is 2.56. The molecule has 0 aromatic heterocycles. The monoisotopic (exact) mass is 407 g/mol. The third-order valence-electron chi connectivity index (χ3n) is 3.22. The molecule has 0 aliphatic rings. The maximum Gasteiger partial charge on any atom is 0.166 e. The molecule has 0 spiro atoms. The molecule has 27 heavy (non-hydrogen) atoms. The van der Waals surface area contributed by atoms with Crippen LogP contribution in [0.3, 0.4) is 0 Å². The molecule has 0 amide bonds. The highest BCUT2D eigenvalue weighted by atomic mass is 32.3. The zero-order chi connectivity index (χ0) is 20.0. The summed E-state index contributed by atoms with van der Waals surface area (Å²) in [5.74, 6) is 0.677. The Kier molecular flexibility index (Phi) is 6.70. The number of hydrogen-bond donors (Lipinski definition) is 3. The molecule has 3 aromatic carbocycles. The van der Waals surface area contributed by atoms with Crippen LogP contribution in [-0.4, -0.2) is 32.8 Å². The Bertz CT molecular complexity index is 852. The predicted molar refractivity (Wildman–Crippen MR) is 97.0 cm³/mol. The number of rotatable bonds is 3.